The molecule has 0 atom stereocenters. The average molecular weight is 231 g/mol. The normalized spacial score (nSPS) is 17.1. The topological polar surface area (TPSA) is 20.3 Å². The highest BCUT2D eigenvalue weighted by Crippen LogP contribution is 2.13. The van der Waals surface area contributed by atoms with Crippen LogP contribution >= 0.6 is 0 Å². The van der Waals surface area contributed by atoms with Crippen molar-refractivity contribution >= 4 is 5.78 Å². The highest BCUT2D eigenvalue weighted by atomic mass is 16.1. The molecule has 92 valence electrons. The Hall–Kier alpha value is -1.15. The molecule has 1 aromatic carbocycles. The van der Waals surface area contributed by atoms with Crippen LogP contribution in [-0.2, 0) is 0 Å². The fourth-order valence-corrected chi connectivity index (χ4v) is 2.33. The van der Waals surface area contributed by atoms with E-state index < -0.39 is 0 Å². The van der Waals surface area contributed by atoms with Gasteiger partial charge in [0.15, 0.2) is 5.78 Å². The number of likely N-dealkylation sites (tertiary alicyclic amines) is 1. The van der Waals surface area contributed by atoms with E-state index in [0.29, 0.717) is 6.54 Å². The van der Waals surface area contributed by atoms with Gasteiger partial charge in [-0.1, -0.05) is 18.6 Å². The number of benzene rings is 1. The van der Waals surface area contributed by atoms with Crippen molar-refractivity contribution in [1.82, 2.24) is 4.90 Å². The molecule has 2 heteroatoms. The van der Waals surface area contributed by atoms with Crippen molar-refractivity contribution in [2.24, 2.45) is 0 Å². The number of nitrogens with zero attached hydrogens (tertiary/aromatic N) is 1. The van der Waals surface area contributed by atoms with E-state index in [2.05, 4.69) is 18.7 Å². The first-order valence-electron chi connectivity index (χ1n) is 6.49. The van der Waals surface area contributed by atoms with Gasteiger partial charge in [0.25, 0.3) is 0 Å². The van der Waals surface area contributed by atoms with E-state index in [-0.39, 0.29) is 5.78 Å². The SMILES string of the molecule is Cc1ccc(C(=O)CN2CCCCC2)cc1C. The number of ketones is 1. The first kappa shape index (κ1) is 12.3. The molecule has 1 aliphatic rings. The van der Waals surface area contributed by atoms with Crippen molar-refractivity contribution in [3.63, 3.8) is 0 Å². The van der Waals surface area contributed by atoms with Crippen molar-refractivity contribution in [1.29, 1.82) is 0 Å². The van der Waals surface area contributed by atoms with Crippen LogP contribution in [0.3, 0.4) is 0 Å². The molecule has 2 nitrogen and oxygen atoms in total. The number of Topliss-reactive ketones (excluding diaryl/α,β-unsaturated/α-hetero) is 1. The summed E-state index contributed by atoms with van der Waals surface area (Å²) in [6.07, 6.45) is 3.79. The molecular formula is C15H21NO. The second kappa shape index (κ2) is 5.46. The molecule has 0 N–H and O–H groups in total. The Morgan fingerprint density at radius 1 is 1.12 bits per heavy atom. The first-order chi connectivity index (χ1) is 8.16. The molecule has 0 aromatic heterocycles. The van der Waals surface area contributed by atoms with Gasteiger partial charge in [-0.2, -0.15) is 0 Å². The molecule has 17 heavy (non-hydrogen) atoms. The van der Waals surface area contributed by atoms with Crippen LogP contribution < -0.4 is 0 Å². The maximum Gasteiger partial charge on any atom is 0.176 e. The summed E-state index contributed by atoms with van der Waals surface area (Å²) < 4.78 is 0. The Bertz CT molecular complexity index is 405. The van der Waals surface area contributed by atoms with Crippen molar-refractivity contribution in [2.45, 2.75) is 33.1 Å². The predicted molar refractivity (Wildman–Crippen MR) is 70.5 cm³/mol. The van der Waals surface area contributed by atoms with E-state index in [1.54, 1.807) is 0 Å². The Morgan fingerprint density at radius 2 is 1.82 bits per heavy atom. The standard InChI is InChI=1S/C15H21NO/c1-12-6-7-14(10-13(12)2)15(17)11-16-8-4-3-5-9-16/h6-7,10H,3-5,8-9,11H2,1-2H3. The molecule has 0 spiro atoms. The second-order valence-corrected chi connectivity index (χ2v) is 5.06. The lowest BCUT2D eigenvalue weighted by atomic mass is 10.0. The molecule has 1 heterocycles. The van der Waals surface area contributed by atoms with Crippen LogP contribution in [0.15, 0.2) is 18.2 Å². The zero-order chi connectivity index (χ0) is 12.3. The number of carbonyl (C=O) groups is 1. The number of aryl methyl sites for hydroxylation is 2. The molecule has 0 bridgehead atoms. The number of piperidine rings is 1. The molecule has 2 rings (SSSR count). The highest BCUT2D eigenvalue weighted by Gasteiger charge is 2.15. The maximum atomic E-state index is 12.1. The number of rotatable bonds is 3. The summed E-state index contributed by atoms with van der Waals surface area (Å²) >= 11 is 0. The largest absolute Gasteiger partial charge is 0.296 e. The van der Waals surface area contributed by atoms with Crippen LogP contribution in [0.1, 0.15) is 40.7 Å². The van der Waals surface area contributed by atoms with E-state index in [0.717, 1.165) is 18.7 Å². The van der Waals surface area contributed by atoms with E-state index in [1.165, 1.54) is 30.4 Å². The average Bonchev–Trinajstić information content (AvgIpc) is 2.34. The zero-order valence-corrected chi connectivity index (χ0v) is 10.8. The van der Waals surface area contributed by atoms with Crippen LogP contribution in [0.5, 0.6) is 0 Å². The molecule has 0 radical (unpaired) electrons. The van der Waals surface area contributed by atoms with Gasteiger partial charge in [0.2, 0.25) is 0 Å². The Kier molecular flexibility index (Phi) is 3.95. The Morgan fingerprint density at radius 3 is 2.47 bits per heavy atom. The third-order valence-electron chi connectivity index (χ3n) is 3.64. The van der Waals surface area contributed by atoms with Gasteiger partial charge >= 0.3 is 0 Å². The minimum atomic E-state index is 0.259. The van der Waals surface area contributed by atoms with Crippen LogP contribution in [0.2, 0.25) is 0 Å². The molecule has 1 saturated heterocycles. The summed E-state index contributed by atoms with van der Waals surface area (Å²) in [6.45, 7) is 6.89. The lowest BCUT2D eigenvalue weighted by molar-refractivity contribution is 0.0915. The number of hydrogen-bond acceptors (Lipinski definition) is 2. The molecule has 0 aliphatic carbocycles. The summed E-state index contributed by atoms with van der Waals surface area (Å²) in [5, 5.41) is 0. The minimum absolute atomic E-state index is 0.259. The van der Waals surface area contributed by atoms with E-state index in [1.807, 2.05) is 18.2 Å². The van der Waals surface area contributed by atoms with Gasteiger partial charge in [-0.25, -0.2) is 0 Å². The molecular weight excluding hydrogens is 210 g/mol. The quantitative estimate of drug-likeness (QED) is 0.745. The first-order valence-corrected chi connectivity index (χ1v) is 6.49. The van der Waals surface area contributed by atoms with Gasteiger partial charge in [-0.05, 0) is 57.0 Å². The van der Waals surface area contributed by atoms with Crippen LogP contribution in [0, 0.1) is 13.8 Å². The second-order valence-electron chi connectivity index (χ2n) is 5.06. The van der Waals surface area contributed by atoms with Crippen molar-refractivity contribution < 1.29 is 4.79 Å². The van der Waals surface area contributed by atoms with Crippen molar-refractivity contribution in [3.05, 3.63) is 34.9 Å². The van der Waals surface area contributed by atoms with E-state index in [4.69, 9.17) is 0 Å². The fraction of sp³-hybridized carbons (Fsp3) is 0.533. The van der Waals surface area contributed by atoms with Crippen molar-refractivity contribution in [3.8, 4) is 0 Å². The van der Waals surface area contributed by atoms with Gasteiger partial charge in [0.05, 0.1) is 6.54 Å². The van der Waals surface area contributed by atoms with Gasteiger partial charge in [-0.3, -0.25) is 9.69 Å². The lowest BCUT2D eigenvalue weighted by Crippen LogP contribution is -2.34. The third-order valence-corrected chi connectivity index (χ3v) is 3.64. The fourth-order valence-electron chi connectivity index (χ4n) is 2.33. The molecule has 1 fully saturated rings. The minimum Gasteiger partial charge on any atom is -0.296 e. The van der Waals surface area contributed by atoms with Crippen LogP contribution in [-0.4, -0.2) is 30.3 Å². The number of carbonyl (C=O) groups excluding carboxylic acids is 1. The van der Waals surface area contributed by atoms with Crippen LogP contribution in [0.25, 0.3) is 0 Å². The highest BCUT2D eigenvalue weighted by molar-refractivity contribution is 5.97. The summed E-state index contributed by atoms with van der Waals surface area (Å²) in [7, 11) is 0. The molecule has 1 aliphatic heterocycles. The molecule has 0 unspecified atom stereocenters. The lowest BCUT2D eigenvalue weighted by Gasteiger charge is -2.25. The zero-order valence-electron chi connectivity index (χ0n) is 10.8. The summed E-state index contributed by atoms with van der Waals surface area (Å²) in [4.78, 5) is 14.4. The maximum absolute atomic E-state index is 12.1. The monoisotopic (exact) mass is 231 g/mol. The van der Waals surface area contributed by atoms with E-state index >= 15 is 0 Å². The van der Waals surface area contributed by atoms with Gasteiger partial charge in [0.1, 0.15) is 0 Å². The van der Waals surface area contributed by atoms with Gasteiger partial charge < -0.3 is 0 Å². The molecule has 0 amide bonds. The summed E-state index contributed by atoms with van der Waals surface area (Å²) in [6, 6.07) is 6.01. The number of hydrogen-bond donors (Lipinski definition) is 0. The Labute approximate surface area is 104 Å². The van der Waals surface area contributed by atoms with Crippen molar-refractivity contribution in [2.75, 3.05) is 19.6 Å². The summed E-state index contributed by atoms with van der Waals surface area (Å²) in [5.41, 5.74) is 3.31. The van der Waals surface area contributed by atoms with Crippen LogP contribution in [0.4, 0.5) is 0 Å². The van der Waals surface area contributed by atoms with E-state index in [9.17, 15) is 4.79 Å². The third kappa shape index (κ3) is 3.16. The van der Waals surface area contributed by atoms with Gasteiger partial charge in [-0.15, -0.1) is 0 Å². The summed E-state index contributed by atoms with van der Waals surface area (Å²) in [5.74, 6) is 0.259. The predicted octanol–water partition coefficient (Wildman–Crippen LogP) is 2.97. The van der Waals surface area contributed by atoms with Gasteiger partial charge in [0, 0.05) is 5.56 Å². The molecule has 0 saturated carbocycles. The molecule has 1 aromatic rings. The smallest absolute Gasteiger partial charge is 0.176 e. The Balaban J connectivity index is 2.01.